The van der Waals surface area contributed by atoms with E-state index in [4.69, 9.17) is 11.6 Å². The molecule has 1 aromatic heterocycles. The summed E-state index contributed by atoms with van der Waals surface area (Å²) in [7, 11) is 0. The number of hydrogen-bond acceptors (Lipinski definition) is 3. The van der Waals surface area contributed by atoms with Gasteiger partial charge in [0.1, 0.15) is 0 Å². The Kier molecular flexibility index (Phi) is 5.24. The maximum Gasteiger partial charge on any atom is 0.259 e. The molecule has 5 heteroatoms. The number of amides is 1. The van der Waals surface area contributed by atoms with Crippen molar-refractivity contribution in [2.45, 2.75) is 6.42 Å². The van der Waals surface area contributed by atoms with E-state index in [-0.39, 0.29) is 11.4 Å². The molecule has 0 saturated heterocycles. The molecule has 1 aliphatic rings. The number of benzene rings is 2. The maximum atomic E-state index is 12.9. The fourth-order valence-electron chi connectivity index (χ4n) is 3.00. The lowest BCUT2D eigenvalue weighted by molar-refractivity contribution is -0.112. The molecule has 0 unspecified atom stereocenters. The van der Waals surface area contributed by atoms with Crippen LogP contribution in [0.15, 0.2) is 72.6 Å². The summed E-state index contributed by atoms with van der Waals surface area (Å²) < 4.78 is 0. The van der Waals surface area contributed by atoms with Crippen LogP contribution in [0.3, 0.4) is 0 Å². The third kappa shape index (κ3) is 4.26. The lowest BCUT2D eigenvalue weighted by Gasteiger charge is -2.18. The van der Waals surface area contributed by atoms with Crippen LogP contribution in [0, 0.1) is 11.8 Å². The van der Waals surface area contributed by atoms with Gasteiger partial charge in [-0.1, -0.05) is 35.6 Å². The molecule has 0 spiro atoms. The number of pyridine rings is 1. The smallest absolute Gasteiger partial charge is 0.259 e. The van der Waals surface area contributed by atoms with E-state index < -0.39 is 5.91 Å². The van der Waals surface area contributed by atoms with Gasteiger partial charge in [0.15, 0.2) is 0 Å². The highest BCUT2D eigenvalue weighted by molar-refractivity contribution is 6.36. The van der Waals surface area contributed by atoms with E-state index in [0.29, 0.717) is 33.8 Å². The van der Waals surface area contributed by atoms with Crippen molar-refractivity contribution in [3.63, 3.8) is 0 Å². The van der Waals surface area contributed by atoms with Crippen LogP contribution in [-0.2, 0) is 11.2 Å². The summed E-state index contributed by atoms with van der Waals surface area (Å²) in [6.07, 6.45) is 5.59. The van der Waals surface area contributed by atoms with Crippen LogP contribution in [0.4, 0.5) is 5.69 Å². The predicted octanol–water partition coefficient (Wildman–Crippen LogP) is 4.55. The van der Waals surface area contributed by atoms with Gasteiger partial charge in [0, 0.05) is 35.0 Å². The zero-order valence-electron chi connectivity index (χ0n) is 15.3. The molecule has 0 saturated carbocycles. The first-order chi connectivity index (χ1) is 14.1. The summed E-state index contributed by atoms with van der Waals surface area (Å²) in [5.74, 6) is 5.41. The van der Waals surface area contributed by atoms with Gasteiger partial charge in [-0.25, -0.2) is 0 Å². The molecule has 1 amide bonds. The summed E-state index contributed by atoms with van der Waals surface area (Å²) in [5, 5.41) is 3.31. The van der Waals surface area contributed by atoms with Crippen molar-refractivity contribution in [3.8, 4) is 11.8 Å². The molecule has 2 heterocycles. The number of fused-ring (bicyclic) bond motifs is 1. The number of hydrogen-bond donors (Lipinski definition) is 1. The monoisotopic (exact) mass is 398 g/mol. The van der Waals surface area contributed by atoms with Gasteiger partial charge in [0.2, 0.25) is 5.78 Å². The lowest BCUT2D eigenvalue weighted by Crippen LogP contribution is -2.27. The average Bonchev–Trinajstić information content (AvgIpc) is 2.72. The van der Waals surface area contributed by atoms with E-state index in [1.165, 1.54) is 0 Å². The second-order valence-corrected chi connectivity index (χ2v) is 6.93. The van der Waals surface area contributed by atoms with Crippen LogP contribution in [0.5, 0.6) is 0 Å². The van der Waals surface area contributed by atoms with E-state index in [1.54, 1.807) is 60.9 Å². The number of Topliss-reactive ketones (excluding diaryl/α,β-unsaturated/α-hetero) is 1. The molecule has 0 fully saturated rings. The number of aromatic nitrogens is 1. The van der Waals surface area contributed by atoms with Crippen molar-refractivity contribution >= 4 is 35.1 Å². The van der Waals surface area contributed by atoms with Crippen LogP contribution >= 0.6 is 11.6 Å². The first kappa shape index (κ1) is 18.7. The molecule has 1 N–H and O–H groups in total. The minimum Gasteiger partial charge on any atom is -0.321 e. The number of ketones is 1. The maximum absolute atomic E-state index is 12.9. The van der Waals surface area contributed by atoms with Crippen molar-refractivity contribution in [3.05, 3.63) is 99.8 Å². The van der Waals surface area contributed by atoms with E-state index in [9.17, 15) is 9.59 Å². The van der Waals surface area contributed by atoms with Crippen LogP contribution in [0.2, 0.25) is 5.02 Å². The van der Waals surface area contributed by atoms with E-state index >= 15 is 0 Å². The fourth-order valence-corrected chi connectivity index (χ4v) is 3.20. The number of anilines is 1. The Bertz CT molecular complexity index is 1200. The van der Waals surface area contributed by atoms with Crippen LogP contribution in [-0.4, -0.2) is 16.7 Å². The number of halogens is 1. The highest BCUT2D eigenvalue weighted by Gasteiger charge is 2.28. The molecular formula is C24H15ClN2O2. The van der Waals surface area contributed by atoms with Gasteiger partial charge >= 0.3 is 0 Å². The fraction of sp³-hybridized carbons (Fsp3) is 0.0417. The summed E-state index contributed by atoms with van der Waals surface area (Å²) in [4.78, 5) is 29.3. The third-order valence-electron chi connectivity index (χ3n) is 4.44. The average molecular weight is 399 g/mol. The van der Waals surface area contributed by atoms with Crippen molar-refractivity contribution < 1.29 is 9.59 Å². The Labute approximate surface area is 173 Å². The number of nitrogens with zero attached hydrogens (tertiary/aromatic N) is 1. The Hall–Kier alpha value is -3.68. The number of rotatable bonds is 2. The van der Waals surface area contributed by atoms with Crippen molar-refractivity contribution in [1.29, 1.82) is 0 Å². The predicted molar refractivity (Wildman–Crippen MR) is 114 cm³/mol. The van der Waals surface area contributed by atoms with Crippen LogP contribution in [0.1, 0.15) is 27.0 Å². The second-order valence-electron chi connectivity index (χ2n) is 6.49. The molecule has 0 radical (unpaired) electrons. The first-order valence-electron chi connectivity index (χ1n) is 8.95. The number of carbonyl (C=O) groups is 2. The van der Waals surface area contributed by atoms with Crippen LogP contribution in [0.25, 0.3) is 6.08 Å². The second kappa shape index (κ2) is 8.14. The molecule has 0 atom stereocenters. The standard InChI is InChI=1S/C24H15ClN2O2/c25-19-6-2-5-18(13-19)15-21-23(28)20-14-17(7-8-22(20)27-24(21)29)4-1-3-16-9-11-26-12-10-16/h2,5-15H,3H2,(H,27,29)/b21-15-. The minimum absolute atomic E-state index is 0.0710. The van der Waals surface area contributed by atoms with Gasteiger partial charge < -0.3 is 5.32 Å². The first-order valence-corrected chi connectivity index (χ1v) is 9.33. The largest absolute Gasteiger partial charge is 0.321 e. The zero-order valence-corrected chi connectivity index (χ0v) is 16.0. The van der Waals surface area contributed by atoms with E-state index in [2.05, 4.69) is 22.1 Å². The molecular weight excluding hydrogens is 384 g/mol. The molecule has 140 valence electrons. The molecule has 0 aliphatic carbocycles. The molecule has 29 heavy (non-hydrogen) atoms. The normalized spacial score (nSPS) is 14.0. The molecule has 4 rings (SSSR count). The summed E-state index contributed by atoms with van der Waals surface area (Å²) in [6.45, 7) is 0. The van der Waals surface area contributed by atoms with Crippen LogP contribution < -0.4 is 5.32 Å². The Morgan fingerprint density at radius 2 is 1.86 bits per heavy atom. The van der Waals surface area contributed by atoms with Gasteiger partial charge in [-0.3, -0.25) is 14.6 Å². The van der Waals surface area contributed by atoms with Gasteiger partial charge in [0.05, 0.1) is 11.3 Å². The SMILES string of the molecule is O=C1Nc2ccc(C#CCc3ccncc3)cc2C(=O)/C1=C/c1cccc(Cl)c1. The van der Waals surface area contributed by atoms with E-state index in [0.717, 1.165) is 5.56 Å². The minimum atomic E-state index is -0.431. The van der Waals surface area contributed by atoms with Crippen molar-refractivity contribution in [2.24, 2.45) is 0 Å². The summed E-state index contributed by atoms with van der Waals surface area (Å²) in [5.41, 5.74) is 3.45. The van der Waals surface area contributed by atoms with E-state index in [1.807, 2.05) is 12.1 Å². The Morgan fingerprint density at radius 3 is 2.66 bits per heavy atom. The van der Waals surface area contributed by atoms with Gasteiger partial charge in [-0.15, -0.1) is 0 Å². The highest BCUT2D eigenvalue weighted by atomic mass is 35.5. The Balaban J connectivity index is 1.62. The molecule has 3 aromatic rings. The zero-order chi connectivity index (χ0) is 20.2. The molecule has 4 nitrogen and oxygen atoms in total. The number of nitrogens with one attached hydrogen (secondary N) is 1. The summed E-state index contributed by atoms with van der Waals surface area (Å²) >= 11 is 6.00. The quantitative estimate of drug-likeness (QED) is 0.391. The van der Waals surface area contributed by atoms with Crippen molar-refractivity contribution in [2.75, 3.05) is 5.32 Å². The topological polar surface area (TPSA) is 59.1 Å². The molecule has 2 aromatic carbocycles. The van der Waals surface area contributed by atoms with Gasteiger partial charge in [-0.2, -0.15) is 0 Å². The summed E-state index contributed by atoms with van der Waals surface area (Å²) in [6, 6.07) is 16.0. The number of carbonyl (C=O) groups excluding carboxylic acids is 2. The third-order valence-corrected chi connectivity index (χ3v) is 4.67. The van der Waals surface area contributed by atoms with Gasteiger partial charge in [-0.05, 0) is 59.7 Å². The molecule has 1 aliphatic heterocycles. The van der Waals surface area contributed by atoms with Gasteiger partial charge in [0.25, 0.3) is 5.91 Å². The lowest BCUT2D eigenvalue weighted by atomic mass is 9.94. The highest BCUT2D eigenvalue weighted by Crippen LogP contribution is 2.27. The molecule has 0 bridgehead atoms. The Morgan fingerprint density at radius 1 is 1.03 bits per heavy atom. The van der Waals surface area contributed by atoms with Crippen molar-refractivity contribution in [1.82, 2.24) is 4.98 Å².